The van der Waals surface area contributed by atoms with Crippen LogP contribution >= 0.6 is 0 Å². The lowest BCUT2D eigenvalue weighted by Gasteiger charge is -2.11. The minimum absolute atomic E-state index is 0.190. The van der Waals surface area contributed by atoms with Crippen molar-refractivity contribution in [3.05, 3.63) is 59.4 Å². The smallest absolute Gasteiger partial charge is 0.251 e. The van der Waals surface area contributed by atoms with Crippen LogP contribution in [0, 0.1) is 5.82 Å². The van der Waals surface area contributed by atoms with Crippen LogP contribution in [0.3, 0.4) is 0 Å². The van der Waals surface area contributed by atoms with Gasteiger partial charge in [0.05, 0.1) is 12.8 Å². The standard InChI is InChI=1S/C18H19FN2O3/c1-12(22)21-16-10-13(6-7-17(16)24-2)8-9-20-18(23)14-4-3-5-15(19)11-14/h3-7,10-11H,8-9H2,1-2H3,(H,20,23)(H,21,22). The molecule has 0 spiro atoms. The number of rotatable bonds is 6. The molecule has 0 unspecified atom stereocenters. The molecular formula is C18H19FN2O3. The van der Waals surface area contributed by atoms with Crippen LogP contribution in [0.5, 0.6) is 5.75 Å². The lowest BCUT2D eigenvalue weighted by Crippen LogP contribution is -2.25. The average Bonchev–Trinajstić information content (AvgIpc) is 2.54. The molecule has 0 heterocycles. The third-order valence-corrected chi connectivity index (χ3v) is 3.36. The number of hydrogen-bond acceptors (Lipinski definition) is 3. The highest BCUT2D eigenvalue weighted by Gasteiger charge is 2.08. The fourth-order valence-corrected chi connectivity index (χ4v) is 2.25. The second kappa shape index (κ2) is 8.10. The highest BCUT2D eigenvalue weighted by Crippen LogP contribution is 2.25. The van der Waals surface area contributed by atoms with Crippen LogP contribution in [-0.4, -0.2) is 25.5 Å². The molecule has 0 aliphatic rings. The summed E-state index contributed by atoms with van der Waals surface area (Å²) < 4.78 is 18.3. The molecule has 5 nitrogen and oxygen atoms in total. The first-order valence-corrected chi connectivity index (χ1v) is 7.48. The highest BCUT2D eigenvalue weighted by molar-refractivity contribution is 5.94. The molecule has 0 saturated heterocycles. The van der Waals surface area contributed by atoms with E-state index in [-0.39, 0.29) is 17.4 Å². The number of amides is 2. The van der Waals surface area contributed by atoms with Gasteiger partial charge in [0.2, 0.25) is 5.91 Å². The third kappa shape index (κ3) is 4.81. The Morgan fingerprint density at radius 1 is 1.17 bits per heavy atom. The molecule has 6 heteroatoms. The Bertz CT molecular complexity index is 747. The molecule has 2 aromatic rings. The van der Waals surface area contributed by atoms with Crippen molar-refractivity contribution in [1.29, 1.82) is 0 Å². The van der Waals surface area contributed by atoms with Gasteiger partial charge in [-0.05, 0) is 42.3 Å². The molecule has 24 heavy (non-hydrogen) atoms. The van der Waals surface area contributed by atoms with E-state index in [9.17, 15) is 14.0 Å². The van der Waals surface area contributed by atoms with Crippen molar-refractivity contribution >= 4 is 17.5 Å². The molecule has 0 fully saturated rings. The summed E-state index contributed by atoms with van der Waals surface area (Å²) in [6.07, 6.45) is 0.567. The molecule has 0 radical (unpaired) electrons. The van der Waals surface area contributed by atoms with Crippen molar-refractivity contribution < 1.29 is 18.7 Å². The Morgan fingerprint density at radius 2 is 1.96 bits per heavy atom. The van der Waals surface area contributed by atoms with Gasteiger partial charge < -0.3 is 15.4 Å². The van der Waals surface area contributed by atoms with Crippen LogP contribution in [0.2, 0.25) is 0 Å². The molecule has 0 aliphatic carbocycles. The van der Waals surface area contributed by atoms with Gasteiger partial charge in [-0.25, -0.2) is 4.39 Å². The van der Waals surface area contributed by atoms with E-state index >= 15 is 0 Å². The number of hydrogen-bond donors (Lipinski definition) is 2. The number of benzene rings is 2. The summed E-state index contributed by atoms with van der Waals surface area (Å²) in [6.45, 7) is 1.81. The largest absolute Gasteiger partial charge is 0.495 e. The Hall–Kier alpha value is -2.89. The minimum atomic E-state index is -0.447. The molecule has 2 N–H and O–H groups in total. The Morgan fingerprint density at radius 3 is 2.62 bits per heavy atom. The van der Waals surface area contributed by atoms with E-state index in [1.165, 1.54) is 32.2 Å². The molecule has 2 amide bonds. The van der Waals surface area contributed by atoms with Gasteiger partial charge in [0.25, 0.3) is 5.91 Å². The number of carbonyl (C=O) groups is 2. The summed E-state index contributed by atoms with van der Waals surface area (Å²) in [4.78, 5) is 23.2. The summed E-state index contributed by atoms with van der Waals surface area (Å²) in [5.74, 6) is -0.398. The van der Waals surface area contributed by atoms with Gasteiger partial charge >= 0.3 is 0 Å². The van der Waals surface area contributed by atoms with Gasteiger partial charge in [-0.3, -0.25) is 9.59 Å². The Kier molecular flexibility index (Phi) is 5.89. The van der Waals surface area contributed by atoms with Crippen LogP contribution in [-0.2, 0) is 11.2 Å². The van der Waals surface area contributed by atoms with E-state index in [1.807, 2.05) is 6.07 Å². The predicted molar refractivity (Wildman–Crippen MR) is 89.7 cm³/mol. The van der Waals surface area contributed by atoms with Crippen LogP contribution in [0.1, 0.15) is 22.8 Å². The number of ether oxygens (including phenoxy) is 1. The van der Waals surface area contributed by atoms with E-state index in [4.69, 9.17) is 4.74 Å². The second-order valence-corrected chi connectivity index (χ2v) is 5.23. The summed E-state index contributed by atoms with van der Waals surface area (Å²) in [7, 11) is 1.53. The molecule has 126 valence electrons. The first-order chi connectivity index (χ1) is 11.5. The molecular weight excluding hydrogens is 311 g/mol. The fraction of sp³-hybridized carbons (Fsp3) is 0.222. The van der Waals surface area contributed by atoms with E-state index in [2.05, 4.69) is 10.6 Å². The van der Waals surface area contributed by atoms with Gasteiger partial charge in [-0.15, -0.1) is 0 Å². The maximum Gasteiger partial charge on any atom is 0.251 e. The zero-order chi connectivity index (χ0) is 17.5. The number of halogens is 1. The van der Waals surface area contributed by atoms with Gasteiger partial charge in [0.1, 0.15) is 11.6 Å². The Balaban J connectivity index is 1.96. The van der Waals surface area contributed by atoms with Crippen molar-refractivity contribution in [2.24, 2.45) is 0 Å². The first-order valence-electron chi connectivity index (χ1n) is 7.48. The van der Waals surface area contributed by atoms with Crippen molar-refractivity contribution in [3.63, 3.8) is 0 Å². The van der Waals surface area contributed by atoms with Gasteiger partial charge in [0.15, 0.2) is 0 Å². The molecule has 2 aromatic carbocycles. The van der Waals surface area contributed by atoms with Crippen LogP contribution in [0.25, 0.3) is 0 Å². The quantitative estimate of drug-likeness (QED) is 0.856. The summed E-state index contributed by atoms with van der Waals surface area (Å²) in [5.41, 5.74) is 1.79. The van der Waals surface area contributed by atoms with Crippen LogP contribution < -0.4 is 15.4 Å². The topological polar surface area (TPSA) is 67.4 Å². The van der Waals surface area contributed by atoms with Gasteiger partial charge in [-0.1, -0.05) is 12.1 Å². The fourth-order valence-electron chi connectivity index (χ4n) is 2.25. The van der Waals surface area contributed by atoms with Crippen molar-refractivity contribution in [3.8, 4) is 5.75 Å². The lowest BCUT2D eigenvalue weighted by atomic mass is 10.1. The normalized spacial score (nSPS) is 10.1. The highest BCUT2D eigenvalue weighted by atomic mass is 19.1. The summed E-state index contributed by atoms with van der Waals surface area (Å²) >= 11 is 0. The monoisotopic (exact) mass is 330 g/mol. The molecule has 2 rings (SSSR count). The maximum absolute atomic E-state index is 13.1. The van der Waals surface area contributed by atoms with Crippen LogP contribution in [0.15, 0.2) is 42.5 Å². The molecule has 0 aromatic heterocycles. The van der Waals surface area contributed by atoms with Gasteiger partial charge in [0, 0.05) is 19.0 Å². The predicted octanol–water partition coefficient (Wildman–Crippen LogP) is 2.77. The molecule has 0 aliphatic heterocycles. The van der Waals surface area contributed by atoms with Crippen molar-refractivity contribution in [1.82, 2.24) is 5.32 Å². The molecule has 0 atom stereocenters. The first kappa shape index (κ1) is 17.5. The van der Waals surface area contributed by atoms with Crippen LogP contribution in [0.4, 0.5) is 10.1 Å². The minimum Gasteiger partial charge on any atom is -0.495 e. The van der Waals surface area contributed by atoms with E-state index in [1.54, 1.807) is 18.2 Å². The van der Waals surface area contributed by atoms with E-state index in [0.717, 1.165) is 5.56 Å². The van der Waals surface area contributed by atoms with Crippen molar-refractivity contribution in [2.75, 3.05) is 19.0 Å². The second-order valence-electron chi connectivity index (χ2n) is 5.23. The number of carbonyl (C=O) groups excluding carboxylic acids is 2. The summed E-state index contributed by atoms with van der Waals surface area (Å²) in [6, 6.07) is 10.9. The average molecular weight is 330 g/mol. The van der Waals surface area contributed by atoms with Gasteiger partial charge in [-0.2, -0.15) is 0 Å². The van der Waals surface area contributed by atoms with Crippen molar-refractivity contribution in [2.45, 2.75) is 13.3 Å². The third-order valence-electron chi connectivity index (χ3n) is 3.36. The maximum atomic E-state index is 13.1. The zero-order valence-electron chi connectivity index (χ0n) is 13.6. The molecule has 0 saturated carbocycles. The zero-order valence-corrected chi connectivity index (χ0v) is 13.6. The number of methoxy groups -OCH3 is 1. The number of nitrogens with one attached hydrogen (secondary N) is 2. The number of anilines is 1. The Labute approximate surface area is 139 Å². The summed E-state index contributed by atoms with van der Waals surface area (Å²) in [5, 5.41) is 5.44. The van der Waals surface area contributed by atoms with E-state index < -0.39 is 5.82 Å². The van der Waals surface area contributed by atoms with E-state index in [0.29, 0.717) is 24.4 Å². The molecule has 0 bridgehead atoms. The SMILES string of the molecule is COc1ccc(CCNC(=O)c2cccc(F)c2)cc1NC(C)=O. The lowest BCUT2D eigenvalue weighted by molar-refractivity contribution is -0.114.